The molecular formula is H3AsLi2S3Sn. The molecule has 7 heavy (non-hydrogen) atoms. The Kier molecular flexibility index (Phi) is 589. The second kappa shape index (κ2) is 54.8. The first-order valence-electron chi connectivity index (χ1n) is 0. The van der Waals surface area contributed by atoms with E-state index < -0.39 is 0 Å². The average molecular weight is 307 g/mol. The van der Waals surface area contributed by atoms with Gasteiger partial charge < -0.3 is 40.5 Å². The van der Waals surface area contributed by atoms with Crippen LogP contribution in [0.15, 0.2) is 0 Å². The monoisotopic (exact) mass is 308 g/mol. The molecule has 0 rings (SSSR count). The van der Waals surface area contributed by atoms with E-state index in [1.807, 2.05) is 0 Å². The molecule has 32 valence electrons. The minimum absolute atomic E-state index is 0. The predicted molar refractivity (Wildman–Crippen MR) is 37.8 cm³/mol. The molecule has 0 nitrogen and oxygen atoms in total. The molecule has 0 heterocycles. The molecule has 0 spiro atoms. The van der Waals surface area contributed by atoms with Crippen LogP contribution in [0.25, 0.3) is 0 Å². The van der Waals surface area contributed by atoms with E-state index in [9.17, 15) is 0 Å². The summed E-state index contributed by atoms with van der Waals surface area (Å²) in [6.07, 6.45) is 0. The summed E-state index contributed by atoms with van der Waals surface area (Å²) in [6.45, 7) is 0. The van der Waals surface area contributed by atoms with Crippen molar-refractivity contribution in [1.29, 1.82) is 0 Å². The SMILES string of the molecule is [AsH3].[Li+].[Li+].[S-2].[S-2].[S-2].[Sn+4]. The molecule has 0 aromatic carbocycles. The molecular weight excluding hydrogens is 304 g/mol. The first kappa shape index (κ1) is 75.3. The van der Waals surface area contributed by atoms with Crippen LogP contribution in [0.4, 0.5) is 0 Å². The summed E-state index contributed by atoms with van der Waals surface area (Å²) in [5.74, 6) is 0. The predicted octanol–water partition coefficient (Wildman–Crippen LogP) is -7.56. The number of rotatable bonds is 0. The summed E-state index contributed by atoms with van der Waals surface area (Å²) in [7, 11) is 0. The zero-order valence-electron chi connectivity index (χ0n) is 4.43. The maximum absolute atomic E-state index is 0. The molecule has 7 heteroatoms. The van der Waals surface area contributed by atoms with Crippen LogP contribution in [-0.2, 0) is 40.5 Å². The Bertz CT molecular complexity index is 12.9. The van der Waals surface area contributed by atoms with Gasteiger partial charge in [-0.15, -0.1) is 0 Å². The van der Waals surface area contributed by atoms with Gasteiger partial charge in [0.1, 0.15) is 0 Å². The molecule has 0 saturated carbocycles. The normalized spacial score (nSPS) is 0. The van der Waals surface area contributed by atoms with Crippen LogP contribution in [0.1, 0.15) is 0 Å². The number of hydrogen-bond donors (Lipinski definition) is 0. The first-order chi connectivity index (χ1) is 0. The van der Waals surface area contributed by atoms with Crippen molar-refractivity contribution >= 4 is 82.3 Å². The Labute approximate surface area is 118 Å². The van der Waals surface area contributed by atoms with Crippen molar-refractivity contribution in [2.45, 2.75) is 0 Å². The fourth-order valence-corrected chi connectivity index (χ4v) is 0. The molecule has 0 aliphatic heterocycles. The maximum Gasteiger partial charge on any atom is 4.00 e. The topological polar surface area (TPSA) is 0 Å². The first-order valence-corrected chi connectivity index (χ1v) is 0. The third-order valence-electron chi connectivity index (χ3n) is 0. The molecule has 0 bridgehead atoms. The van der Waals surface area contributed by atoms with Crippen LogP contribution in [0.3, 0.4) is 0 Å². The van der Waals surface area contributed by atoms with Crippen LogP contribution < -0.4 is 37.7 Å². The summed E-state index contributed by atoms with van der Waals surface area (Å²) in [4.78, 5) is 0. The maximum atomic E-state index is 0. The van der Waals surface area contributed by atoms with E-state index in [1.54, 1.807) is 0 Å². The molecule has 0 aliphatic rings. The molecule has 0 saturated heterocycles. The smallest absolute Gasteiger partial charge is 2.00 e. The van der Waals surface area contributed by atoms with Gasteiger partial charge >= 0.3 is 79.6 Å². The minimum atomic E-state index is 0. The van der Waals surface area contributed by atoms with Gasteiger partial charge in [0, 0.05) is 0 Å². The summed E-state index contributed by atoms with van der Waals surface area (Å²) in [6, 6.07) is 0. The van der Waals surface area contributed by atoms with Gasteiger partial charge in [-0.1, -0.05) is 0 Å². The van der Waals surface area contributed by atoms with E-state index in [2.05, 4.69) is 0 Å². The Morgan fingerprint density at radius 1 is 0.571 bits per heavy atom. The van der Waals surface area contributed by atoms with Gasteiger partial charge in [0.25, 0.3) is 0 Å². The molecule has 1 atom stereocenters. The molecule has 0 aliphatic carbocycles. The molecule has 1 unspecified atom stereocenters. The second-order valence-corrected chi connectivity index (χ2v) is 0. The molecule has 0 N–H and O–H groups in total. The zero-order chi connectivity index (χ0) is 0. The van der Waals surface area contributed by atoms with Crippen LogP contribution in [0.5, 0.6) is 0 Å². The Morgan fingerprint density at radius 2 is 0.571 bits per heavy atom. The van der Waals surface area contributed by atoms with E-state index in [0.29, 0.717) is 0 Å². The van der Waals surface area contributed by atoms with E-state index in [0.717, 1.165) is 0 Å². The second-order valence-electron chi connectivity index (χ2n) is 0. The fraction of sp³-hybridized carbons (Fsp3) is 0. The quantitative estimate of drug-likeness (QED) is 0.390. The summed E-state index contributed by atoms with van der Waals surface area (Å²) >= 11 is 0. The van der Waals surface area contributed by atoms with Crippen LogP contribution >= 0.6 is 0 Å². The van der Waals surface area contributed by atoms with Crippen molar-refractivity contribution in [3.8, 4) is 0 Å². The van der Waals surface area contributed by atoms with Crippen LogP contribution in [-0.4, -0.2) is 41.9 Å². The Hall–Kier alpha value is 3.60. The van der Waals surface area contributed by atoms with E-state index in [4.69, 9.17) is 0 Å². The molecule has 0 aromatic rings. The average Bonchev–Trinajstić information content (AvgIpc) is 0. The summed E-state index contributed by atoms with van der Waals surface area (Å²) < 4.78 is 0. The van der Waals surface area contributed by atoms with E-state index in [1.165, 1.54) is 0 Å². The summed E-state index contributed by atoms with van der Waals surface area (Å²) in [5, 5.41) is 0. The van der Waals surface area contributed by atoms with Gasteiger partial charge in [0.2, 0.25) is 0 Å². The van der Waals surface area contributed by atoms with E-state index in [-0.39, 0.29) is 120 Å². The number of hydrogen-bond acceptors (Lipinski definition) is 0. The standard InChI is InChI=1S/AsH3.2Li.3S.Sn/h1H3;;;;;;/q;2*+1;3*-2;+4. The Morgan fingerprint density at radius 3 is 0.571 bits per heavy atom. The van der Waals surface area contributed by atoms with Crippen molar-refractivity contribution in [2.24, 2.45) is 0 Å². The van der Waals surface area contributed by atoms with Crippen molar-refractivity contribution in [1.82, 2.24) is 0 Å². The van der Waals surface area contributed by atoms with Crippen molar-refractivity contribution in [3.63, 3.8) is 0 Å². The van der Waals surface area contributed by atoms with Gasteiger partial charge in [-0.3, -0.25) is 0 Å². The largest absolute Gasteiger partial charge is 4.00 e. The van der Waals surface area contributed by atoms with Crippen molar-refractivity contribution in [2.75, 3.05) is 0 Å². The van der Waals surface area contributed by atoms with E-state index >= 15 is 0 Å². The molecule has 0 aromatic heterocycles. The van der Waals surface area contributed by atoms with Gasteiger partial charge in [0.05, 0.1) is 0 Å². The molecule has 0 fully saturated rings. The third kappa shape index (κ3) is 42.8. The molecule has 0 amide bonds. The van der Waals surface area contributed by atoms with Crippen molar-refractivity contribution in [3.05, 3.63) is 0 Å². The van der Waals surface area contributed by atoms with Gasteiger partial charge in [0.15, 0.2) is 0 Å². The fourth-order valence-electron chi connectivity index (χ4n) is 0. The van der Waals surface area contributed by atoms with Gasteiger partial charge in [-0.25, -0.2) is 0 Å². The minimum Gasteiger partial charge on any atom is -2.00 e. The van der Waals surface area contributed by atoms with Gasteiger partial charge in [-0.2, -0.15) is 0 Å². The van der Waals surface area contributed by atoms with Gasteiger partial charge in [-0.05, 0) is 0 Å². The molecule has 0 radical (unpaired) electrons. The van der Waals surface area contributed by atoms with Crippen LogP contribution in [0, 0.1) is 0 Å². The summed E-state index contributed by atoms with van der Waals surface area (Å²) in [5.41, 5.74) is 0. The van der Waals surface area contributed by atoms with Crippen LogP contribution in [0.2, 0.25) is 0 Å². The third-order valence-corrected chi connectivity index (χ3v) is 0. The Balaban J connectivity index is 0. The van der Waals surface area contributed by atoms with Crippen molar-refractivity contribution < 1.29 is 37.7 Å². The zero-order valence-corrected chi connectivity index (χ0v) is 12.7.